The van der Waals surface area contributed by atoms with Crippen molar-refractivity contribution >= 4 is 49.1 Å². The lowest BCUT2D eigenvalue weighted by Crippen LogP contribution is -2.00. The number of nitrogens with zero attached hydrogens (tertiary/aromatic N) is 1. The van der Waals surface area contributed by atoms with Gasteiger partial charge in [0.2, 0.25) is 0 Å². The molecular formula is C12H9Br2ClN2. The molecule has 1 heterocycles. The molecule has 2 nitrogen and oxygen atoms in total. The van der Waals surface area contributed by atoms with E-state index in [-0.39, 0.29) is 0 Å². The summed E-state index contributed by atoms with van der Waals surface area (Å²) in [4.78, 5) is 4.09. The van der Waals surface area contributed by atoms with E-state index in [2.05, 4.69) is 42.2 Å². The summed E-state index contributed by atoms with van der Waals surface area (Å²) < 4.78 is 1.96. The Balaban J connectivity index is 2.07. The van der Waals surface area contributed by atoms with E-state index in [0.29, 0.717) is 0 Å². The van der Waals surface area contributed by atoms with Crippen LogP contribution in [0, 0.1) is 0 Å². The minimum atomic E-state index is 0.718. The molecule has 1 aromatic carbocycles. The van der Waals surface area contributed by atoms with E-state index in [4.69, 9.17) is 11.6 Å². The molecule has 0 saturated carbocycles. The molecule has 0 aliphatic heterocycles. The number of halogens is 3. The first-order valence-corrected chi connectivity index (χ1v) is 6.90. The Morgan fingerprint density at radius 1 is 1.18 bits per heavy atom. The standard InChI is InChI=1S/C12H9Br2ClN2/c13-9-3-11(7-16-6-9)17-5-8-1-2-10(15)4-12(8)14/h1-4,6-7,17H,5H2. The summed E-state index contributed by atoms with van der Waals surface area (Å²) in [6.07, 6.45) is 3.54. The van der Waals surface area contributed by atoms with Gasteiger partial charge in [-0.25, -0.2) is 0 Å². The van der Waals surface area contributed by atoms with Gasteiger partial charge in [-0.05, 0) is 39.7 Å². The minimum absolute atomic E-state index is 0.718. The number of nitrogens with one attached hydrogen (secondary N) is 1. The van der Waals surface area contributed by atoms with Crippen LogP contribution in [0.2, 0.25) is 5.02 Å². The molecular weight excluding hydrogens is 367 g/mol. The number of hydrogen-bond acceptors (Lipinski definition) is 2. The number of anilines is 1. The summed E-state index contributed by atoms with van der Waals surface area (Å²) in [5.41, 5.74) is 2.12. The van der Waals surface area contributed by atoms with Gasteiger partial charge in [0, 0.05) is 26.7 Å². The van der Waals surface area contributed by atoms with E-state index < -0.39 is 0 Å². The maximum absolute atomic E-state index is 5.89. The van der Waals surface area contributed by atoms with E-state index in [0.717, 1.165) is 31.8 Å². The summed E-state index contributed by atoms with van der Waals surface area (Å²) in [7, 11) is 0. The largest absolute Gasteiger partial charge is 0.380 e. The van der Waals surface area contributed by atoms with E-state index in [9.17, 15) is 0 Å². The first-order valence-electron chi connectivity index (χ1n) is 4.93. The van der Waals surface area contributed by atoms with Crippen molar-refractivity contribution in [2.45, 2.75) is 6.54 Å². The third-order valence-electron chi connectivity index (χ3n) is 2.20. The second kappa shape index (κ2) is 5.85. The number of hydrogen-bond donors (Lipinski definition) is 1. The average molecular weight is 376 g/mol. The first-order chi connectivity index (χ1) is 8.15. The zero-order valence-corrected chi connectivity index (χ0v) is 12.7. The fourth-order valence-electron chi connectivity index (χ4n) is 1.37. The third-order valence-corrected chi connectivity index (χ3v) is 3.61. The van der Waals surface area contributed by atoms with Gasteiger partial charge < -0.3 is 5.32 Å². The third kappa shape index (κ3) is 3.69. The van der Waals surface area contributed by atoms with Gasteiger partial charge in [0.15, 0.2) is 0 Å². The van der Waals surface area contributed by atoms with Crippen LogP contribution in [0.4, 0.5) is 5.69 Å². The molecule has 2 aromatic rings. The monoisotopic (exact) mass is 374 g/mol. The second-order valence-electron chi connectivity index (χ2n) is 3.48. The molecule has 17 heavy (non-hydrogen) atoms. The van der Waals surface area contributed by atoms with E-state index in [1.807, 2.05) is 24.3 Å². The zero-order valence-electron chi connectivity index (χ0n) is 8.75. The van der Waals surface area contributed by atoms with Gasteiger partial charge in [-0.3, -0.25) is 4.98 Å². The van der Waals surface area contributed by atoms with Gasteiger partial charge in [-0.2, -0.15) is 0 Å². The molecule has 0 bridgehead atoms. The summed E-state index contributed by atoms with van der Waals surface area (Å²) in [6, 6.07) is 7.74. The maximum atomic E-state index is 5.89. The highest BCUT2D eigenvalue weighted by atomic mass is 79.9. The van der Waals surface area contributed by atoms with Crippen LogP contribution in [0.15, 0.2) is 45.6 Å². The van der Waals surface area contributed by atoms with Gasteiger partial charge in [0.25, 0.3) is 0 Å². The van der Waals surface area contributed by atoms with Crippen LogP contribution < -0.4 is 5.32 Å². The molecule has 2 rings (SSSR count). The molecule has 0 fully saturated rings. The summed E-state index contributed by atoms with van der Waals surface area (Å²) in [5, 5.41) is 4.02. The Morgan fingerprint density at radius 2 is 2.00 bits per heavy atom. The van der Waals surface area contributed by atoms with Crippen LogP contribution in [0.25, 0.3) is 0 Å². The van der Waals surface area contributed by atoms with E-state index >= 15 is 0 Å². The first kappa shape index (κ1) is 12.9. The molecule has 0 unspecified atom stereocenters. The molecule has 0 atom stereocenters. The van der Waals surface area contributed by atoms with Crippen LogP contribution in [-0.4, -0.2) is 4.98 Å². The van der Waals surface area contributed by atoms with Crippen LogP contribution in [0.1, 0.15) is 5.56 Å². The molecule has 0 aliphatic rings. The van der Waals surface area contributed by atoms with Crippen molar-refractivity contribution in [3.05, 3.63) is 56.2 Å². The van der Waals surface area contributed by atoms with Gasteiger partial charge in [0.1, 0.15) is 0 Å². The Labute approximate surface area is 122 Å². The van der Waals surface area contributed by atoms with Crippen molar-refractivity contribution in [3.8, 4) is 0 Å². The van der Waals surface area contributed by atoms with E-state index in [1.54, 1.807) is 12.4 Å². The molecule has 0 radical (unpaired) electrons. The smallest absolute Gasteiger partial charge is 0.0540 e. The SMILES string of the molecule is Clc1ccc(CNc2cncc(Br)c2)c(Br)c1. The Hall–Kier alpha value is -0.580. The van der Waals surface area contributed by atoms with Crippen molar-refractivity contribution < 1.29 is 0 Å². The van der Waals surface area contributed by atoms with Crippen LogP contribution in [0.3, 0.4) is 0 Å². The van der Waals surface area contributed by atoms with Gasteiger partial charge >= 0.3 is 0 Å². The molecule has 5 heteroatoms. The van der Waals surface area contributed by atoms with Crippen molar-refractivity contribution in [3.63, 3.8) is 0 Å². The summed E-state index contributed by atoms with van der Waals surface area (Å²) >= 11 is 12.8. The Bertz CT molecular complexity index is 532. The lowest BCUT2D eigenvalue weighted by Gasteiger charge is -2.08. The molecule has 0 spiro atoms. The number of benzene rings is 1. The highest BCUT2D eigenvalue weighted by Crippen LogP contribution is 2.22. The molecule has 1 N–H and O–H groups in total. The maximum Gasteiger partial charge on any atom is 0.0540 e. The average Bonchev–Trinajstić information content (AvgIpc) is 2.28. The predicted molar refractivity (Wildman–Crippen MR) is 78.4 cm³/mol. The second-order valence-corrected chi connectivity index (χ2v) is 5.69. The molecule has 88 valence electrons. The van der Waals surface area contributed by atoms with E-state index in [1.165, 1.54) is 0 Å². The predicted octanol–water partition coefficient (Wildman–Crippen LogP) is 4.87. The fraction of sp³-hybridized carbons (Fsp3) is 0.0833. The van der Waals surface area contributed by atoms with Gasteiger partial charge in [-0.15, -0.1) is 0 Å². The fourth-order valence-corrected chi connectivity index (χ4v) is 2.56. The molecule has 1 aromatic heterocycles. The van der Waals surface area contributed by atoms with Gasteiger partial charge in [-0.1, -0.05) is 33.6 Å². The van der Waals surface area contributed by atoms with Gasteiger partial charge in [0.05, 0.1) is 11.9 Å². The number of rotatable bonds is 3. The van der Waals surface area contributed by atoms with Crippen molar-refractivity contribution in [2.24, 2.45) is 0 Å². The summed E-state index contributed by atoms with van der Waals surface area (Å²) in [6.45, 7) is 0.718. The normalized spacial score (nSPS) is 10.3. The number of pyridine rings is 1. The quantitative estimate of drug-likeness (QED) is 0.826. The zero-order chi connectivity index (χ0) is 12.3. The van der Waals surface area contributed by atoms with Crippen molar-refractivity contribution in [1.29, 1.82) is 0 Å². The van der Waals surface area contributed by atoms with Crippen LogP contribution in [-0.2, 0) is 6.54 Å². The highest BCUT2D eigenvalue weighted by Gasteiger charge is 2.01. The minimum Gasteiger partial charge on any atom is -0.380 e. The highest BCUT2D eigenvalue weighted by molar-refractivity contribution is 9.10. The lowest BCUT2D eigenvalue weighted by atomic mass is 10.2. The molecule has 0 amide bonds. The molecule has 0 aliphatic carbocycles. The van der Waals surface area contributed by atoms with Crippen molar-refractivity contribution in [2.75, 3.05) is 5.32 Å². The van der Waals surface area contributed by atoms with Crippen molar-refractivity contribution in [1.82, 2.24) is 4.98 Å². The lowest BCUT2D eigenvalue weighted by molar-refractivity contribution is 1.12. The van der Waals surface area contributed by atoms with Crippen LogP contribution >= 0.6 is 43.5 Å². The summed E-state index contributed by atoms with van der Waals surface area (Å²) in [5.74, 6) is 0. The van der Waals surface area contributed by atoms with Crippen LogP contribution in [0.5, 0.6) is 0 Å². The molecule has 0 saturated heterocycles. The Morgan fingerprint density at radius 3 is 2.71 bits per heavy atom. The number of aromatic nitrogens is 1. The Kier molecular flexibility index (Phi) is 4.42. The topological polar surface area (TPSA) is 24.9 Å².